The number of alkyl halides is 24. The first kappa shape index (κ1) is 68.8. The third-order valence-corrected chi connectivity index (χ3v) is 15.7. The SMILES string of the molecule is CCCCCCC=Cc1ccoc1[I+]c1occc1C=CCCCCCC.FC(F)(F)c1cc([B-](c2cc(C(F)(F)F)cc(C(F)(F)F)c2)(c2cc(C(F)(F)F)cc(C(F)(F)F)c2)c2cc(C(F)(F)F)cc(C(F)(F)F)c2)cc(C(F)(F)F)c1. The average molecular weight is 1340 g/mol. The van der Waals surface area contributed by atoms with Gasteiger partial charge in [0.1, 0.15) is 6.15 Å². The Kier molecular flexibility index (Phi) is 21.9. The van der Waals surface area contributed by atoms with Crippen LogP contribution in [-0.2, 0) is 49.4 Å². The van der Waals surface area contributed by atoms with Gasteiger partial charge in [0.25, 0.3) is 0 Å². The molecule has 6 rings (SSSR count). The Morgan fingerprint density at radius 3 is 0.762 bits per heavy atom. The number of benzene rings is 4. The third-order valence-electron chi connectivity index (χ3n) is 12.9. The second-order valence-electron chi connectivity index (χ2n) is 19.1. The van der Waals surface area contributed by atoms with Gasteiger partial charge in [0.05, 0.1) is 68.2 Å². The Balaban J connectivity index is 0.000000398. The van der Waals surface area contributed by atoms with Crippen LogP contribution >= 0.6 is 0 Å². The summed E-state index contributed by atoms with van der Waals surface area (Å²) in [5, 5.41) is 0. The van der Waals surface area contributed by atoms with Crippen LogP contribution in [0.3, 0.4) is 0 Å². The predicted molar refractivity (Wildman–Crippen MR) is 260 cm³/mol. The number of rotatable bonds is 18. The quantitative estimate of drug-likeness (QED) is 0.0371. The lowest BCUT2D eigenvalue weighted by Gasteiger charge is -2.46. The van der Waals surface area contributed by atoms with Crippen molar-refractivity contribution in [2.24, 2.45) is 0 Å². The minimum Gasteiger partial charge on any atom is -0.426 e. The van der Waals surface area contributed by atoms with Gasteiger partial charge < -0.3 is 8.83 Å². The number of hydrogen-bond acceptors (Lipinski definition) is 2. The lowest BCUT2D eigenvalue weighted by Crippen LogP contribution is -3.61. The van der Waals surface area contributed by atoms with Crippen LogP contribution in [0.1, 0.15) is 134 Å². The van der Waals surface area contributed by atoms with Crippen molar-refractivity contribution in [3.63, 3.8) is 0 Å². The number of allylic oxidation sites excluding steroid dienone is 2. The summed E-state index contributed by atoms with van der Waals surface area (Å²) in [7, 11) is 0. The Hall–Kier alpha value is -5.97. The fraction of sp³-hybridized carbons (Fsp3) is 0.357. The van der Waals surface area contributed by atoms with Crippen LogP contribution in [0.5, 0.6) is 0 Å². The summed E-state index contributed by atoms with van der Waals surface area (Å²) in [4.78, 5) is 0. The van der Waals surface area contributed by atoms with Crippen LogP contribution in [0.25, 0.3) is 12.2 Å². The molecule has 0 unspecified atom stereocenters. The third kappa shape index (κ3) is 18.0. The molecule has 0 atom stereocenters. The van der Waals surface area contributed by atoms with Gasteiger partial charge >= 0.3 is 78.1 Å². The summed E-state index contributed by atoms with van der Waals surface area (Å²) in [6.45, 7) is 4.50. The highest BCUT2D eigenvalue weighted by atomic mass is 127. The van der Waals surface area contributed by atoms with E-state index in [-0.39, 0.29) is 0 Å². The Morgan fingerprint density at radius 2 is 0.560 bits per heavy atom. The van der Waals surface area contributed by atoms with Gasteiger partial charge in [-0.3, -0.25) is 0 Å². The topological polar surface area (TPSA) is 26.3 Å². The van der Waals surface area contributed by atoms with Crippen molar-refractivity contribution in [2.75, 3.05) is 0 Å². The molecule has 2 nitrogen and oxygen atoms in total. The molecular weight excluding hydrogens is 1300 g/mol. The molecule has 28 heteroatoms. The molecule has 6 aromatic rings. The molecule has 0 spiro atoms. The van der Waals surface area contributed by atoms with E-state index in [1.165, 1.54) is 62.5 Å². The van der Waals surface area contributed by atoms with Crippen molar-refractivity contribution < 1.29 is 135 Å². The maximum absolute atomic E-state index is 14.2. The fourth-order valence-corrected chi connectivity index (χ4v) is 11.3. The van der Waals surface area contributed by atoms with Crippen LogP contribution < -0.4 is 43.1 Å². The van der Waals surface area contributed by atoms with Crippen LogP contribution in [0.4, 0.5) is 105 Å². The maximum atomic E-state index is 14.2. The zero-order valence-electron chi connectivity index (χ0n) is 43.5. The van der Waals surface area contributed by atoms with Crippen LogP contribution in [0, 0.1) is 7.53 Å². The van der Waals surface area contributed by atoms with Gasteiger partial charge in [-0.1, -0.05) is 125 Å². The summed E-state index contributed by atoms with van der Waals surface area (Å²) in [6.07, 6.45) is -29.4. The summed E-state index contributed by atoms with van der Waals surface area (Å²) in [6, 6.07) is -4.66. The molecule has 0 bridgehead atoms. The fourth-order valence-electron chi connectivity index (χ4n) is 8.94. The van der Waals surface area contributed by atoms with E-state index in [4.69, 9.17) is 8.83 Å². The predicted octanol–water partition coefficient (Wildman–Crippen LogP) is 16.2. The van der Waals surface area contributed by atoms with Crippen LogP contribution in [-0.4, -0.2) is 6.15 Å². The van der Waals surface area contributed by atoms with E-state index in [1.807, 2.05) is 0 Å². The molecular formula is C56H46BF24IO2. The van der Waals surface area contributed by atoms with Crippen molar-refractivity contribution >= 4 is 40.1 Å². The van der Waals surface area contributed by atoms with E-state index in [9.17, 15) is 105 Å². The van der Waals surface area contributed by atoms with Crippen molar-refractivity contribution in [3.8, 4) is 0 Å². The van der Waals surface area contributed by atoms with E-state index >= 15 is 0 Å². The monoisotopic (exact) mass is 1340 g/mol. The van der Waals surface area contributed by atoms with Gasteiger partial charge in [-0.2, -0.15) is 127 Å². The van der Waals surface area contributed by atoms with Gasteiger partial charge in [-0.05, 0) is 62.1 Å². The average Bonchev–Trinajstić information content (AvgIpc) is 0.831. The highest BCUT2D eigenvalue weighted by Gasteiger charge is 2.47. The van der Waals surface area contributed by atoms with Gasteiger partial charge in [0.2, 0.25) is 0 Å². The van der Waals surface area contributed by atoms with Crippen LogP contribution in [0.15, 0.2) is 118 Å². The van der Waals surface area contributed by atoms with E-state index in [0.29, 0.717) is 0 Å². The lowest BCUT2D eigenvalue weighted by molar-refractivity contribution is -0.636. The van der Waals surface area contributed by atoms with E-state index in [2.05, 4.69) is 50.3 Å². The summed E-state index contributed by atoms with van der Waals surface area (Å²) in [5.74, 6) is 0. The molecule has 0 radical (unpaired) electrons. The smallest absolute Gasteiger partial charge is 0.426 e. The Morgan fingerprint density at radius 1 is 0.333 bits per heavy atom. The molecule has 2 heterocycles. The molecule has 460 valence electrons. The van der Waals surface area contributed by atoms with Crippen molar-refractivity contribution in [3.05, 3.63) is 173 Å². The first-order valence-electron chi connectivity index (χ1n) is 25.1. The Labute approximate surface area is 474 Å². The first-order valence-corrected chi connectivity index (χ1v) is 27.3. The zero-order chi connectivity index (χ0) is 63.1. The molecule has 2 aromatic heterocycles. The number of unbranched alkanes of at least 4 members (excludes halogenated alkanes) is 8. The molecule has 0 fully saturated rings. The molecule has 0 aliphatic rings. The summed E-state index contributed by atoms with van der Waals surface area (Å²) >= 11 is -0.439. The standard InChI is InChI=1S/C32H12BF24.C24H34IO2/c34-25(35,36)13-1-14(26(37,38)39)6-21(5-13)33(22-7-15(27(40,41)42)2-16(8-22)28(43,44)45,23-9-17(29(46,47)48)3-18(10-23)30(49,50)51)24-11-19(31(52,53)54)4-20(12-24)32(55,56)57;1-3-5-7-9-11-13-15-21-17-19-26-23(21)25-24-22(18-20-27-24)16-14-12-10-8-6-4-2/h1-12H;13-20H,3-12H2,1-2H3/q-1;+1. The van der Waals surface area contributed by atoms with Gasteiger partial charge in [0, 0.05) is 0 Å². The maximum Gasteiger partial charge on any atom is 0.444 e. The minimum absolute atomic E-state index is 0.439. The van der Waals surface area contributed by atoms with Gasteiger partial charge in [0.15, 0.2) is 0 Å². The van der Waals surface area contributed by atoms with Crippen molar-refractivity contribution in [1.82, 2.24) is 0 Å². The van der Waals surface area contributed by atoms with Gasteiger partial charge in [-0.25, -0.2) is 0 Å². The molecule has 0 saturated heterocycles. The van der Waals surface area contributed by atoms with Gasteiger partial charge in [-0.15, -0.1) is 0 Å². The second kappa shape index (κ2) is 26.7. The molecule has 0 N–H and O–H groups in total. The number of halogens is 25. The molecule has 0 aliphatic heterocycles. The largest absolute Gasteiger partial charge is 0.444 e. The molecule has 84 heavy (non-hydrogen) atoms. The molecule has 0 saturated carbocycles. The van der Waals surface area contributed by atoms with E-state index < -0.39 is 216 Å². The second-order valence-corrected chi connectivity index (χ2v) is 21.6. The molecule has 0 aliphatic carbocycles. The highest BCUT2D eigenvalue weighted by molar-refractivity contribution is 7.20. The Bertz CT molecular complexity index is 2700. The van der Waals surface area contributed by atoms with E-state index in [1.54, 1.807) is 12.5 Å². The van der Waals surface area contributed by atoms with Crippen LogP contribution in [0.2, 0.25) is 0 Å². The normalized spacial score (nSPS) is 13.5. The van der Waals surface area contributed by atoms with Crippen molar-refractivity contribution in [2.45, 2.75) is 127 Å². The summed E-state index contributed by atoms with van der Waals surface area (Å²) in [5.41, 5.74) is -27.8. The molecule has 4 aromatic carbocycles. The molecule has 0 amide bonds. The highest BCUT2D eigenvalue weighted by Crippen LogP contribution is 2.41. The number of furan rings is 2. The lowest BCUT2D eigenvalue weighted by atomic mass is 9.12. The number of hydrogen-bond donors (Lipinski definition) is 0. The minimum atomic E-state index is -6.13. The van der Waals surface area contributed by atoms with E-state index in [0.717, 1.165) is 20.4 Å². The summed E-state index contributed by atoms with van der Waals surface area (Å²) < 4.78 is 355. The zero-order valence-corrected chi connectivity index (χ0v) is 45.6. The first-order chi connectivity index (χ1) is 38.6. The van der Waals surface area contributed by atoms with Crippen molar-refractivity contribution in [1.29, 1.82) is 0 Å².